The smallest absolute Gasteiger partial charge is 0.277 e. The van der Waals surface area contributed by atoms with Gasteiger partial charge in [-0.2, -0.15) is 0 Å². The number of anilines is 1. The summed E-state index contributed by atoms with van der Waals surface area (Å²) in [6, 6.07) is 14.5. The van der Waals surface area contributed by atoms with Crippen molar-refractivity contribution in [2.45, 2.75) is 6.54 Å². The Morgan fingerprint density at radius 1 is 1.19 bits per heavy atom. The van der Waals surface area contributed by atoms with E-state index in [1.807, 2.05) is 24.3 Å². The maximum absolute atomic E-state index is 13.3. The van der Waals surface area contributed by atoms with Crippen LogP contribution in [-0.4, -0.2) is 57.7 Å². The van der Waals surface area contributed by atoms with E-state index in [2.05, 4.69) is 11.0 Å². The van der Waals surface area contributed by atoms with Crippen molar-refractivity contribution < 1.29 is 18.8 Å². The largest absolute Gasteiger partial charge is 0.497 e. The number of halogens is 1. The van der Waals surface area contributed by atoms with Crippen molar-refractivity contribution in [2.24, 2.45) is 0 Å². The highest BCUT2D eigenvalue weighted by Crippen LogP contribution is 2.20. The summed E-state index contributed by atoms with van der Waals surface area (Å²) in [5.41, 5.74) is 1.96. The van der Waals surface area contributed by atoms with Crippen LogP contribution in [0.4, 0.5) is 10.1 Å². The van der Waals surface area contributed by atoms with E-state index < -0.39 is 0 Å². The summed E-state index contributed by atoms with van der Waals surface area (Å²) < 4.78 is 18.6. The van der Waals surface area contributed by atoms with Crippen LogP contribution in [-0.2, 0) is 11.3 Å². The average Bonchev–Trinajstić information content (AvgIpc) is 2.68. The number of carbonyl (C=O) groups excluding carboxylic acids is 1. The van der Waals surface area contributed by atoms with Crippen LogP contribution in [0.2, 0.25) is 0 Å². The number of likely N-dealkylation sites (N-methyl/N-ethyl adjacent to an activating group) is 1. The summed E-state index contributed by atoms with van der Waals surface area (Å²) >= 11 is 0. The lowest BCUT2D eigenvalue weighted by atomic mass is 10.2. The Hall–Kier alpha value is -2.60. The Bertz CT molecular complexity index is 776. The van der Waals surface area contributed by atoms with Crippen LogP contribution < -0.4 is 14.5 Å². The van der Waals surface area contributed by atoms with Crippen LogP contribution >= 0.6 is 0 Å². The van der Waals surface area contributed by atoms with E-state index in [0.29, 0.717) is 13.1 Å². The van der Waals surface area contributed by atoms with Gasteiger partial charge in [0.05, 0.1) is 33.3 Å². The number of piperazine rings is 1. The van der Waals surface area contributed by atoms with E-state index in [-0.39, 0.29) is 11.7 Å². The topological polar surface area (TPSA) is 37.2 Å². The van der Waals surface area contributed by atoms with Gasteiger partial charge < -0.3 is 19.4 Å². The molecule has 144 valence electrons. The maximum atomic E-state index is 13.3. The zero-order valence-electron chi connectivity index (χ0n) is 16.0. The van der Waals surface area contributed by atoms with Crippen LogP contribution in [0, 0.1) is 5.82 Å². The van der Waals surface area contributed by atoms with Crippen molar-refractivity contribution in [3.05, 3.63) is 59.9 Å². The van der Waals surface area contributed by atoms with Gasteiger partial charge in [-0.3, -0.25) is 4.79 Å². The first-order chi connectivity index (χ1) is 13.0. The van der Waals surface area contributed by atoms with Gasteiger partial charge in [-0.05, 0) is 29.8 Å². The molecule has 1 aliphatic rings. The molecule has 6 heteroatoms. The summed E-state index contributed by atoms with van der Waals surface area (Å²) in [7, 11) is 3.45. The van der Waals surface area contributed by atoms with Gasteiger partial charge >= 0.3 is 0 Å². The van der Waals surface area contributed by atoms with Crippen molar-refractivity contribution in [1.29, 1.82) is 0 Å². The highest BCUT2D eigenvalue weighted by atomic mass is 19.1. The summed E-state index contributed by atoms with van der Waals surface area (Å²) in [6.07, 6.45) is 0. The molecule has 0 atom stereocenters. The first-order valence-corrected chi connectivity index (χ1v) is 9.26. The SMILES string of the molecule is COc1cccc(N2CC[NH+](CC(=O)N(C)Cc3cccc(F)c3)CC2)c1. The normalized spacial score (nSPS) is 14.9. The van der Waals surface area contributed by atoms with Gasteiger partial charge in [-0.15, -0.1) is 0 Å². The number of benzene rings is 2. The monoisotopic (exact) mass is 372 g/mol. The standard InChI is InChI=1S/C21H26FN3O2/c1-23(15-17-5-3-6-18(22)13-17)21(26)16-24-9-11-25(12-10-24)19-7-4-8-20(14-19)27-2/h3-8,13-14H,9-12,15-16H2,1-2H3/p+1. The highest BCUT2D eigenvalue weighted by molar-refractivity contribution is 5.76. The van der Waals surface area contributed by atoms with Crippen LogP contribution in [0.3, 0.4) is 0 Å². The molecule has 0 aromatic heterocycles. The molecule has 0 aliphatic carbocycles. The van der Waals surface area contributed by atoms with Crippen LogP contribution in [0.1, 0.15) is 5.56 Å². The van der Waals surface area contributed by atoms with Gasteiger partial charge in [-0.1, -0.05) is 18.2 Å². The Labute approximate surface area is 159 Å². The zero-order chi connectivity index (χ0) is 19.2. The molecule has 1 saturated heterocycles. The summed E-state index contributed by atoms with van der Waals surface area (Å²) in [6.45, 7) is 4.54. The fourth-order valence-corrected chi connectivity index (χ4v) is 3.41. The predicted octanol–water partition coefficient (Wildman–Crippen LogP) is 1.20. The maximum Gasteiger partial charge on any atom is 0.277 e. The lowest BCUT2D eigenvalue weighted by molar-refractivity contribution is -0.892. The van der Waals surface area contributed by atoms with Crippen LogP contribution in [0.15, 0.2) is 48.5 Å². The molecule has 0 radical (unpaired) electrons. The highest BCUT2D eigenvalue weighted by Gasteiger charge is 2.24. The molecular formula is C21H27FN3O2+. The molecule has 2 aromatic carbocycles. The number of amides is 1. The van der Waals surface area contributed by atoms with Crippen molar-refractivity contribution >= 4 is 11.6 Å². The molecule has 1 N–H and O–H groups in total. The summed E-state index contributed by atoms with van der Waals surface area (Å²) in [5.74, 6) is 0.674. The van der Waals surface area contributed by atoms with E-state index in [4.69, 9.17) is 4.74 Å². The molecule has 27 heavy (non-hydrogen) atoms. The van der Waals surface area contributed by atoms with Gasteiger partial charge in [-0.25, -0.2) is 4.39 Å². The number of nitrogens with one attached hydrogen (secondary N) is 1. The summed E-state index contributed by atoms with van der Waals surface area (Å²) in [5, 5.41) is 0. The minimum absolute atomic E-state index is 0.0871. The van der Waals surface area contributed by atoms with Gasteiger partial charge in [0, 0.05) is 25.3 Å². The van der Waals surface area contributed by atoms with Crippen molar-refractivity contribution in [3.63, 3.8) is 0 Å². The second kappa shape index (κ2) is 8.86. The number of nitrogens with zero attached hydrogens (tertiary/aromatic N) is 2. The second-order valence-electron chi connectivity index (χ2n) is 7.00. The number of hydrogen-bond donors (Lipinski definition) is 1. The molecule has 1 aliphatic heterocycles. The van der Waals surface area contributed by atoms with Gasteiger partial charge in [0.2, 0.25) is 0 Å². The fraction of sp³-hybridized carbons (Fsp3) is 0.381. The molecular weight excluding hydrogens is 345 g/mol. The molecule has 2 aromatic rings. The molecule has 0 saturated carbocycles. The van der Waals surface area contributed by atoms with Crippen LogP contribution in [0.5, 0.6) is 5.75 Å². The van der Waals surface area contributed by atoms with E-state index in [1.165, 1.54) is 17.0 Å². The lowest BCUT2D eigenvalue weighted by Gasteiger charge is -2.34. The second-order valence-corrected chi connectivity index (χ2v) is 7.00. The minimum Gasteiger partial charge on any atom is -0.497 e. The summed E-state index contributed by atoms with van der Waals surface area (Å²) in [4.78, 5) is 17.8. The average molecular weight is 372 g/mol. The molecule has 0 spiro atoms. The first kappa shape index (κ1) is 19.2. The number of hydrogen-bond acceptors (Lipinski definition) is 3. The molecule has 5 nitrogen and oxygen atoms in total. The zero-order valence-corrected chi connectivity index (χ0v) is 16.0. The van der Waals surface area contributed by atoms with Crippen molar-refractivity contribution in [3.8, 4) is 5.75 Å². The molecule has 1 fully saturated rings. The molecule has 0 bridgehead atoms. The van der Waals surface area contributed by atoms with Gasteiger partial charge in [0.1, 0.15) is 11.6 Å². The third-order valence-corrected chi connectivity index (χ3v) is 5.02. The number of carbonyl (C=O) groups is 1. The molecule has 1 amide bonds. The predicted molar refractivity (Wildman–Crippen MR) is 104 cm³/mol. The third-order valence-electron chi connectivity index (χ3n) is 5.02. The first-order valence-electron chi connectivity index (χ1n) is 9.26. The number of rotatable bonds is 6. The molecule has 1 heterocycles. The number of ether oxygens (including phenoxy) is 1. The van der Waals surface area contributed by atoms with E-state index in [9.17, 15) is 9.18 Å². The lowest BCUT2D eigenvalue weighted by Crippen LogP contribution is -3.15. The van der Waals surface area contributed by atoms with E-state index >= 15 is 0 Å². The Balaban J connectivity index is 1.48. The third kappa shape index (κ3) is 5.20. The van der Waals surface area contributed by atoms with Crippen molar-refractivity contribution in [2.75, 3.05) is 51.8 Å². The Morgan fingerprint density at radius 3 is 2.63 bits per heavy atom. The van der Waals surface area contributed by atoms with Crippen LogP contribution in [0.25, 0.3) is 0 Å². The molecule has 0 unspecified atom stereocenters. The Kier molecular flexibility index (Phi) is 6.29. The van der Waals surface area contributed by atoms with E-state index in [1.54, 1.807) is 25.1 Å². The fourth-order valence-electron chi connectivity index (χ4n) is 3.41. The minimum atomic E-state index is -0.271. The molecule has 3 rings (SSSR count). The quantitative estimate of drug-likeness (QED) is 0.828. The van der Waals surface area contributed by atoms with Crippen molar-refractivity contribution in [1.82, 2.24) is 4.90 Å². The number of methoxy groups -OCH3 is 1. The van der Waals surface area contributed by atoms with E-state index in [0.717, 1.165) is 43.2 Å². The Morgan fingerprint density at radius 2 is 1.93 bits per heavy atom. The van der Waals surface area contributed by atoms with Gasteiger partial charge in [0.15, 0.2) is 6.54 Å². The van der Waals surface area contributed by atoms with Gasteiger partial charge in [0.25, 0.3) is 5.91 Å². The number of quaternary nitrogens is 1.